The van der Waals surface area contributed by atoms with Gasteiger partial charge >= 0.3 is 0 Å². The Balaban J connectivity index is 0.000000284. The normalized spacial score (nSPS) is 8.47. The minimum atomic E-state index is 0. The van der Waals surface area contributed by atoms with Crippen molar-refractivity contribution >= 4 is 13.5 Å². The minimum absolute atomic E-state index is 0. The summed E-state index contributed by atoms with van der Waals surface area (Å²) >= 11 is 0. The van der Waals surface area contributed by atoms with Crippen molar-refractivity contribution in [2.24, 2.45) is 0 Å². The summed E-state index contributed by atoms with van der Waals surface area (Å²) in [5.74, 6) is 0.352. The van der Waals surface area contributed by atoms with Crippen molar-refractivity contribution in [2.75, 3.05) is 0 Å². The second kappa shape index (κ2) is 7.29. The maximum absolute atomic E-state index is 8.65. The van der Waals surface area contributed by atoms with Crippen molar-refractivity contribution in [2.45, 2.75) is 0 Å². The highest BCUT2D eigenvalue weighted by Crippen LogP contribution is 2.15. The average molecular weight is 254 g/mol. The summed E-state index contributed by atoms with van der Waals surface area (Å²) in [6, 6.07) is 11.7. The Bertz CT molecular complexity index is 382. The molecular formula is C12H14O4S. The fourth-order valence-corrected chi connectivity index (χ4v) is 0.986. The van der Waals surface area contributed by atoms with Gasteiger partial charge in [-0.2, -0.15) is 13.5 Å². The highest BCUT2D eigenvalue weighted by atomic mass is 32.1. The zero-order valence-corrected chi connectivity index (χ0v) is 9.91. The van der Waals surface area contributed by atoms with Crippen LogP contribution in [0.1, 0.15) is 0 Å². The van der Waals surface area contributed by atoms with Crippen LogP contribution in [0.2, 0.25) is 0 Å². The molecule has 0 aliphatic carbocycles. The van der Waals surface area contributed by atoms with Crippen molar-refractivity contribution in [1.82, 2.24) is 0 Å². The van der Waals surface area contributed by atoms with E-state index in [0.717, 1.165) is 0 Å². The zero-order chi connectivity index (χ0) is 12.0. The highest BCUT2D eigenvalue weighted by molar-refractivity contribution is 7.59. The van der Waals surface area contributed by atoms with Crippen LogP contribution in [0.25, 0.3) is 0 Å². The standard InChI is InChI=1S/2C6H6O2.H2S/c2*7-5-2-1-3-6(8)4-5;/h2*1-4,7-8H;1H2. The van der Waals surface area contributed by atoms with Gasteiger partial charge in [0.25, 0.3) is 0 Å². The zero-order valence-electron chi connectivity index (χ0n) is 8.91. The van der Waals surface area contributed by atoms with Gasteiger partial charge in [0.1, 0.15) is 23.0 Å². The van der Waals surface area contributed by atoms with Gasteiger partial charge in [0, 0.05) is 12.1 Å². The minimum Gasteiger partial charge on any atom is -0.508 e. The number of benzene rings is 2. The molecular weight excluding hydrogens is 240 g/mol. The fourth-order valence-electron chi connectivity index (χ4n) is 0.986. The molecule has 5 heteroatoms. The lowest BCUT2D eigenvalue weighted by atomic mass is 10.3. The van der Waals surface area contributed by atoms with E-state index in [1.165, 1.54) is 36.4 Å². The lowest BCUT2D eigenvalue weighted by Crippen LogP contribution is -1.61. The smallest absolute Gasteiger partial charge is 0.119 e. The maximum Gasteiger partial charge on any atom is 0.119 e. The Hall–Kier alpha value is -2.01. The van der Waals surface area contributed by atoms with Gasteiger partial charge in [-0.3, -0.25) is 0 Å². The lowest BCUT2D eigenvalue weighted by molar-refractivity contribution is 0.449. The van der Waals surface area contributed by atoms with Gasteiger partial charge < -0.3 is 20.4 Å². The Kier molecular flexibility index (Phi) is 6.43. The first-order chi connectivity index (χ1) is 7.58. The van der Waals surface area contributed by atoms with E-state index in [-0.39, 0.29) is 36.5 Å². The topological polar surface area (TPSA) is 80.9 Å². The van der Waals surface area contributed by atoms with Crippen LogP contribution < -0.4 is 0 Å². The van der Waals surface area contributed by atoms with Crippen LogP contribution in [0.4, 0.5) is 0 Å². The van der Waals surface area contributed by atoms with Crippen LogP contribution in [-0.2, 0) is 0 Å². The largest absolute Gasteiger partial charge is 0.508 e. The second-order valence-corrected chi connectivity index (χ2v) is 3.04. The van der Waals surface area contributed by atoms with Crippen molar-refractivity contribution in [1.29, 1.82) is 0 Å². The van der Waals surface area contributed by atoms with E-state index in [9.17, 15) is 0 Å². The highest BCUT2D eigenvalue weighted by Gasteiger charge is 1.86. The first kappa shape index (κ1) is 15.0. The van der Waals surface area contributed by atoms with Crippen molar-refractivity contribution in [3.05, 3.63) is 48.5 Å². The van der Waals surface area contributed by atoms with Gasteiger partial charge in [0.05, 0.1) is 0 Å². The Morgan fingerprint density at radius 1 is 0.529 bits per heavy atom. The average Bonchev–Trinajstić information content (AvgIpc) is 2.17. The van der Waals surface area contributed by atoms with E-state index in [1.54, 1.807) is 12.1 Å². The summed E-state index contributed by atoms with van der Waals surface area (Å²) in [6.45, 7) is 0. The number of aromatic hydroxyl groups is 4. The van der Waals surface area contributed by atoms with E-state index >= 15 is 0 Å². The van der Waals surface area contributed by atoms with Crippen LogP contribution in [0.3, 0.4) is 0 Å². The van der Waals surface area contributed by atoms with Crippen LogP contribution in [0.15, 0.2) is 48.5 Å². The SMILES string of the molecule is Oc1cccc(O)c1.Oc1cccc(O)c1.S. The molecule has 2 rings (SSSR count). The second-order valence-electron chi connectivity index (χ2n) is 3.04. The number of hydrogen-bond donors (Lipinski definition) is 4. The molecule has 0 saturated heterocycles. The van der Waals surface area contributed by atoms with E-state index in [0.29, 0.717) is 0 Å². The summed E-state index contributed by atoms with van der Waals surface area (Å²) in [6.07, 6.45) is 0. The molecule has 0 aliphatic rings. The number of phenolic OH excluding ortho intramolecular Hbond substituents is 4. The molecule has 0 fully saturated rings. The molecule has 0 aliphatic heterocycles. The molecule has 4 N–H and O–H groups in total. The molecule has 0 atom stereocenters. The first-order valence-electron chi connectivity index (χ1n) is 4.54. The van der Waals surface area contributed by atoms with Crippen LogP contribution in [0, 0.1) is 0 Å². The van der Waals surface area contributed by atoms with Gasteiger partial charge in [-0.25, -0.2) is 0 Å². The fraction of sp³-hybridized carbons (Fsp3) is 0. The van der Waals surface area contributed by atoms with Gasteiger partial charge in [-0.15, -0.1) is 0 Å². The van der Waals surface area contributed by atoms with Crippen molar-refractivity contribution < 1.29 is 20.4 Å². The molecule has 17 heavy (non-hydrogen) atoms. The lowest BCUT2D eigenvalue weighted by Gasteiger charge is -1.89. The maximum atomic E-state index is 8.65. The van der Waals surface area contributed by atoms with Gasteiger partial charge in [-0.1, -0.05) is 12.1 Å². The molecule has 0 saturated carbocycles. The molecule has 4 nitrogen and oxygen atoms in total. The summed E-state index contributed by atoms with van der Waals surface area (Å²) in [4.78, 5) is 0. The molecule has 0 bridgehead atoms. The predicted molar refractivity (Wildman–Crippen MR) is 69.9 cm³/mol. The van der Waals surface area contributed by atoms with Gasteiger partial charge in [-0.05, 0) is 24.3 Å². The summed E-state index contributed by atoms with van der Waals surface area (Å²) in [7, 11) is 0. The molecule has 2 aromatic rings. The number of hydrogen-bond acceptors (Lipinski definition) is 4. The third-order valence-corrected chi connectivity index (χ3v) is 1.66. The quantitative estimate of drug-likeness (QED) is 0.581. The Labute approximate surface area is 106 Å². The van der Waals surface area contributed by atoms with E-state index in [2.05, 4.69) is 0 Å². The van der Waals surface area contributed by atoms with Crippen LogP contribution in [0.5, 0.6) is 23.0 Å². The first-order valence-corrected chi connectivity index (χ1v) is 4.54. The molecule has 2 aromatic carbocycles. The van der Waals surface area contributed by atoms with Crippen molar-refractivity contribution in [3.63, 3.8) is 0 Å². The molecule has 0 heterocycles. The van der Waals surface area contributed by atoms with E-state index < -0.39 is 0 Å². The molecule has 0 radical (unpaired) electrons. The molecule has 0 amide bonds. The van der Waals surface area contributed by atoms with E-state index in [4.69, 9.17) is 20.4 Å². The number of rotatable bonds is 0. The predicted octanol–water partition coefficient (Wildman–Crippen LogP) is 2.31. The van der Waals surface area contributed by atoms with Gasteiger partial charge in [0.2, 0.25) is 0 Å². The third-order valence-electron chi connectivity index (χ3n) is 1.66. The van der Waals surface area contributed by atoms with Crippen molar-refractivity contribution in [3.8, 4) is 23.0 Å². The molecule has 0 unspecified atom stereocenters. The molecule has 92 valence electrons. The third kappa shape index (κ3) is 6.21. The molecule has 0 aromatic heterocycles. The Morgan fingerprint density at radius 2 is 0.765 bits per heavy atom. The van der Waals surface area contributed by atoms with Crippen LogP contribution in [-0.4, -0.2) is 20.4 Å². The van der Waals surface area contributed by atoms with E-state index in [1.807, 2.05) is 0 Å². The Morgan fingerprint density at radius 3 is 0.882 bits per heavy atom. The number of phenols is 4. The van der Waals surface area contributed by atoms with Gasteiger partial charge in [0.15, 0.2) is 0 Å². The molecule has 0 spiro atoms. The summed E-state index contributed by atoms with van der Waals surface area (Å²) < 4.78 is 0. The summed E-state index contributed by atoms with van der Waals surface area (Å²) in [5, 5.41) is 34.6. The van der Waals surface area contributed by atoms with Crippen LogP contribution >= 0.6 is 13.5 Å². The monoisotopic (exact) mass is 254 g/mol. The summed E-state index contributed by atoms with van der Waals surface area (Å²) in [5.41, 5.74) is 0.